The number of halogens is 1. The molecule has 0 spiro atoms. The van der Waals surface area contributed by atoms with Crippen LogP contribution in [0.3, 0.4) is 0 Å². The van der Waals surface area contributed by atoms with E-state index in [4.69, 9.17) is 9.72 Å². The molecule has 2 aromatic carbocycles. The van der Waals surface area contributed by atoms with Gasteiger partial charge in [0.25, 0.3) is 0 Å². The molecule has 30 heavy (non-hydrogen) atoms. The third kappa shape index (κ3) is 4.17. The van der Waals surface area contributed by atoms with Gasteiger partial charge in [0.15, 0.2) is 10.2 Å². The summed E-state index contributed by atoms with van der Waals surface area (Å²) in [5, 5.41) is 9.79. The van der Waals surface area contributed by atoms with Gasteiger partial charge in [0.2, 0.25) is 5.16 Å². The highest BCUT2D eigenvalue weighted by Crippen LogP contribution is 2.41. The molecule has 0 aliphatic carbocycles. The second-order valence-electron chi connectivity index (χ2n) is 7.63. The van der Waals surface area contributed by atoms with Gasteiger partial charge in [-0.2, -0.15) is 0 Å². The fraction of sp³-hybridized carbons (Fsp3) is 0.227. The van der Waals surface area contributed by atoms with Gasteiger partial charge >= 0.3 is 0 Å². The Kier molecular flexibility index (Phi) is 5.99. The number of thiazole rings is 1. The second-order valence-corrected chi connectivity index (χ2v) is 11.2. The number of methoxy groups -OCH3 is 1. The molecule has 0 aliphatic rings. The van der Waals surface area contributed by atoms with Gasteiger partial charge in [-0.15, -0.1) is 10.2 Å². The zero-order valence-electron chi connectivity index (χ0n) is 17.1. The van der Waals surface area contributed by atoms with Crippen LogP contribution >= 0.6 is 39.0 Å². The normalized spacial score (nSPS) is 11.6. The monoisotopic (exact) mass is 500 g/mol. The average Bonchev–Trinajstić information content (AvgIpc) is 3.32. The first-order valence-corrected chi connectivity index (χ1v) is 11.8. The third-order valence-corrected chi connectivity index (χ3v) is 7.16. The molecular weight excluding hydrogens is 480 g/mol. The largest absolute Gasteiger partial charge is 0.496 e. The Balaban J connectivity index is 1.83. The van der Waals surface area contributed by atoms with Crippen molar-refractivity contribution in [1.82, 2.24) is 19.7 Å². The highest BCUT2D eigenvalue weighted by atomic mass is 79.9. The lowest BCUT2D eigenvalue weighted by Crippen LogP contribution is -2.12. The van der Waals surface area contributed by atoms with Crippen LogP contribution < -0.4 is 4.74 Å². The Morgan fingerprint density at radius 2 is 1.70 bits per heavy atom. The first-order chi connectivity index (χ1) is 14.4. The van der Waals surface area contributed by atoms with E-state index in [1.54, 1.807) is 18.4 Å². The molecule has 0 radical (unpaired) electrons. The molecule has 2 heterocycles. The van der Waals surface area contributed by atoms with E-state index in [9.17, 15) is 0 Å². The number of benzene rings is 2. The van der Waals surface area contributed by atoms with E-state index in [2.05, 4.69) is 51.5 Å². The maximum absolute atomic E-state index is 5.57. The van der Waals surface area contributed by atoms with Gasteiger partial charge in [0.05, 0.1) is 22.2 Å². The zero-order chi connectivity index (χ0) is 21.3. The fourth-order valence-electron chi connectivity index (χ4n) is 3.02. The summed E-state index contributed by atoms with van der Waals surface area (Å²) in [5.74, 6) is 1.48. The van der Waals surface area contributed by atoms with E-state index in [1.165, 1.54) is 11.8 Å². The van der Waals surface area contributed by atoms with Crippen molar-refractivity contribution in [1.29, 1.82) is 0 Å². The third-order valence-electron chi connectivity index (χ3n) is 4.45. The Bertz CT molecular complexity index is 1170. The number of aromatic nitrogens is 4. The molecule has 0 fully saturated rings. The van der Waals surface area contributed by atoms with E-state index in [1.807, 2.05) is 54.6 Å². The van der Waals surface area contributed by atoms with Crippen LogP contribution in [0.25, 0.3) is 17.1 Å². The van der Waals surface area contributed by atoms with Crippen LogP contribution in [0, 0.1) is 0 Å². The van der Waals surface area contributed by atoms with Crippen LogP contribution in [0.5, 0.6) is 5.75 Å². The minimum absolute atomic E-state index is 0.0379. The van der Waals surface area contributed by atoms with Gasteiger partial charge in [0, 0.05) is 11.1 Å². The van der Waals surface area contributed by atoms with E-state index < -0.39 is 0 Å². The fourth-order valence-corrected chi connectivity index (χ4v) is 6.52. The zero-order valence-corrected chi connectivity index (χ0v) is 20.3. The summed E-state index contributed by atoms with van der Waals surface area (Å²) >= 11 is 6.80. The molecule has 0 N–H and O–H groups in total. The van der Waals surface area contributed by atoms with E-state index in [-0.39, 0.29) is 5.41 Å². The Morgan fingerprint density at radius 1 is 1.00 bits per heavy atom. The minimum atomic E-state index is -0.0379. The molecular formula is C22H21BrN4OS2. The topological polar surface area (TPSA) is 52.8 Å². The van der Waals surface area contributed by atoms with Crippen LogP contribution in [0.2, 0.25) is 0 Å². The van der Waals surface area contributed by atoms with Crippen molar-refractivity contribution in [3.63, 3.8) is 0 Å². The lowest BCUT2D eigenvalue weighted by Gasteiger charge is -2.15. The molecule has 0 aliphatic heterocycles. The van der Waals surface area contributed by atoms with Crippen molar-refractivity contribution >= 4 is 39.0 Å². The Morgan fingerprint density at radius 3 is 2.37 bits per heavy atom. The van der Waals surface area contributed by atoms with Crippen molar-refractivity contribution in [2.24, 2.45) is 0 Å². The number of rotatable bonds is 5. The molecule has 2 aromatic heterocycles. The van der Waals surface area contributed by atoms with Gasteiger partial charge in [-0.05, 0) is 52.0 Å². The molecule has 0 saturated heterocycles. The maximum atomic E-state index is 5.57. The average molecular weight is 501 g/mol. The highest BCUT2D eigenvalue weighted by molar-refractivity contribution is 9.11. The summed E-state index contributed by atoms with van der Waals surface area (Å²) < 4.78 is 9.59. The van der Waals surface area contributed by atoms with Gasteiger partial charge < -0.3 is 4.74 Å². The smallest absolute Gasteiger partial charge is 0.203 e. The molecule has 4 aromatic rings. The molecule has 0 saturated carbocycles. The van der Waals surface area contributed by atoms with Gasteiger partial charge in [-0.1, -0.05) is 62.4 Å². The number of hydrogen-bond donors (Lipinski definition) is 0. The van der Waals surface area contributed by atoms with Crippen molar-refractivity contribution in [2.75, 3.05) is 7.11 Å². The van der Waals surface area contributed by atoms with Crippen LogP contribution in [-0.2, 0) is 5.41 Å². The van der Waals surface area contributed by atoms with Gasteiger partial charge in [0.1, 0.15) is 5.75 Å². The second kappa shape index (κ2) is 8.53. The van der Waals surface area contributed by atoms with Gasteiger partial charge in [-0.25, -0.2) is 4.98 Å². The Hall–Kier alpha value is -2.16. The van der Waals surface area contributed by atoms with E-state index >= 15 is 0 Å². The molecule has 8 heteroatoms. The molecule has 5 nitrogen and oxygen atoms in total. The van der Waals surface area contributed by atoms with Crippen molar-refractivity contribution in [2.45, 2.75) is 35.7 Å². The lowest BCUT2D eigenvalue weighted by atomic mass is 9.93. The first kappa shape index (κ1) is 21.1. The summed E-state index contributed by atoms with van der Waals surface area (Å²) in [4.78, 5) is 4.86. The molecule has 0 unspecified atom stereocenters. The predicted octanol–water partition coefficient (Wildman–Crippen LogP) is 6.61. The SMILES string of the molecule is COc1ccccc1-c1nnc(Sc2nc(C(C)(C)C)c(Br)s2)n1-c1ccccc1. The number of hydrogen-bond acceptors (Lipinski definition) is 6. The molecule has 4 rings (SSSR count). The quantitative estimate of drug-likeness (QED) is 0.308. The summed E-state index contributed by atoms with van der Waals surface area (Å²) in [6.07, 6.45) is 0. The molecule has 0 amide bonds. The predicted molar refractivity (Wildman–Crippen MR) is 126 cm³/mol. The standard InChI is InChI=1S/C22H21BrN4OS2/c1-22(2,3)17-18(23)29-21(24-17)30-20-26-25-19(15-12-8-9-13-16(15)28-4)27(20)14-10-6-5-7-11-14/h5-13H,1-4H3. The van der Waals surface area contributed by atoms with Crippen molar-refractivity contribution in [3.8, 4) is 22.8 Å². The summed E-state index contributed by atoms with van der Waals surface area (Å²) in [5.41, 5.74) is 2.88. The Labute approximate surface area is 192 Å². The van der Waals surface area contributed by atoms with Crippen LogP contribution in [0.15, 0.2) is 67.9 Å². The van der Waals surface area contributed by atoms with Crippen LogP contribution in [0.4, 0.5) is 0 Å². The maximum Gasteiger partial charge on any atom is 0.203 e. The molecule has 0 atom stereocenters. The first-order valence-electron chi connectivity index (χ1n) is 9.37. The van der Waals surface area contributed by atoms with Crippen molar-refractivity contribution in [3.05, 3.63) is 64.1 Å². The van der Waals surface area contributed by atoms with E-state index in [0.717, 1.165) is 41.8 Å². The number of para-hydroxylation sites is 2. The van der Waals surface area contributed by atoms with Crippen molar-refractivity contribution < 1.29 is 4.74 Å². The molecule has 154 valence electrons. The van der Waals surface area contributed by atoms with Gasteiger partial charge in [-0.3, -0.25) is 4.57 Å². The number of ether oxygens (including phenoxy) is 1. The highest BCUT2D eigenvalue weighted by Gasteiger charge is 2.25. The summed E-state index contributed by atoms with van der Waals surface area (Å²) in [6, 6.07) is 18.0. The summed E-state index contributed by atoms with van der Waals surface area (Å²) in [7, 11) is 1.67. The summed E-state index contributed by atoms with van der Waals surface area (Å²) in [6.45, 7) is 6.48. The van der Waals surface area contributed by atoms with E-state index in [0.29, 0.717) is 0 Å². The number of nitrogens with zero attached hydrogens (tertiary/aromatic N) is 4. The van der Waals surface area contributed by atoms with Crippen LogP contribution in [-0.4, -0.2) is 26.9 Å². The minimum Gasteiger partial charge on any atom is -0.496 e. The van der Waals surface area contributed by atoms with Crippen LogP contribution in [0.1, 0.15) is 26.5 Å². The molecule has 0 bridgehead atoms. The lowest BCUT2D eigenvalue weighted by molar-refractivity contribution is 0.416.